The van der Waals surface area contributed by atoms with Gasteiger partial charge in [-0.05, 0) is 42.2 Å². The van der Waals surface area contributed by atoms with Gasteiger partial charge < -0.3 is 10.6 Å². The van der Waals surface area contributed by atoms with Crippen LogP contribution < -0.4 is 10.6 Å². The molecule has 1 aliphatic heterocycles. The zero-order valence-corrected chi connectivity index (χ0v) is 18.2. The number of benzene rings is 2. The van der Waals surface area contributed by atoms with Gasteiger partial charge in [0, 0.05) is 31.2 Å². The van der Waals surface area contributed by atoms with Gasteiger partial charge >= 0.3 is 6.18 Å². The third kappa shape index (κ3) is 6.32. The minimum Gasteiger partial charge on any atom is -0.350 e. The van der Waals surface area contributed by atoms with Crippen LogP contribution in [0.2, 0.25) is 0 Å². The van der Waals surface area contributed by atoms with Crippen molar-refractivity contribution in [3.8, 4) is 0 Å². The second kappa shape index (κ2) is 10.2. The van der Waals surface area contributed by atoms with E-state index in [2.05, 4.69) is 15.5 Å². The molecule has 2 aromatic rings. The molecular weight excluding hydrogens is 419 g/mol. The first-order valence-electron chi connectivity index (χ1n) is 10.7. The molecule has 0 saturated carbocycles. The number of carbonyl (C=O) groups is 2. The molecule has 0 bridgehead atoms. The van der Waals surface area contributed by atoms with Gasteiger partial charge in [-0.2, -0.15) is 13.2 Å². The molecule has 2 atom stereocenters. The monoisotopic (exact) mass is 447 g/mol. The van der Waals surface area contributed by atoms with E-state index in [1.807, 2.05) is 19.9 Å². The number of rotatable bonds is 7. The first-order chi connectivity index (χ1) is 15.1. The SMILES string of the molecule is CC(C)C(NC(=O)c1ccccc1)C(=O)NC1CCN(Cc2ccc(C(F)(F)F)cc2)C1. The molecule has 0 aromatic heterocycles. The number of nitrogens with zero attached hydrogens (tertiary/aromatic N) is 1. The Hall–Kier alpha value is -2.87. The summed E-state index contributed by atoms with van der Waals surface area (Å²) in [6.07, 6.45) is -3.60. The molecule has 172 valence electrons. The summed E-state index contributed by atoms with van der Waals surface area (Å²) in [5, 5.41) is 5.84. The second-order valence-corrected chi connectivity index (χ2v) is 8.49. The zero-order valence-electron chi connectivity index (χ0n) is 18.2. The van der Waals surface area contributed by atoms with Crippen LogP contribution in [0, 0.1) is 5.92 Å². The van der Waals surface area contributed by atoms with Crippen molar-refractivity contribution in [1.82, 2.24) is 15.5 Å². The Morgan fingerprint density at radius 3 is 2.31 bits per heavy atom. The second-order valence-electron chi connectivity index (χ2n) is 8.49. The Balaban J connectivity index is 1.53. The van der Waals surface area contributed by atoms with Crippen LogP contribution in [0.25, 0.3) is 0 Å². The number of hydrogen-bond acceptors (Lipinski definition) is 3. The van der Waals surface area contributed by atoms with Crippen LogP contribution in [0.4, 0.5) is 13.2 Å². The summed E-state index contributed by atoms with van der Waals surface area (Å²) in [6.45, 7) is 5.60. The lowest BCUT2D eigenvalue weighted by molar-refractivity contribution is -0.137. The van der Waals surface area contributed by atoms with Crippen molar-refractivity contribution in [2.24, 2.45) is 5.92 Å². The maximum absolute atomic E-state index is 12.9. The van der Waals surface area contributed by atoms with Gasteiger partial charge in [-0.25, -0.2) is 0 Å². The summed E-state index contributed by atoms with van der Waals surface area (Å²) < 4.78 is 38.2. The van der Waals surface area contributed by atoms with E-state index in [0.717, 1.165) is 30.7 Å². The molecular formula is C24H28F3N3O2. The lowest BCUT2D eigenvalue weighted by atomic mass is 10.0. The van der Waals surface area contributed by atoms with E-state index >= 15 is 0 Å². The van der Waals surface area contributed by atoms with Crippen LogP contribution in [0.15, 0.2) is 54.6 Å². The molecule has 5 nitrogen and oxygen atoms in total. The predicted molar refractivity (Wildman–Crippen MR) is 116 cm³/mol. The van der Waals surface area contributed by atoms with Crippen LogP contribution in [-0.2, 0) is 17.5 Å². The van der Waals surface area contributed by atoms with E-state index in [1.165, 1.54) is 12.1 Å². The molecule has 8 heteroatoms. The molecule has 0 spiro atoms. The Kier molecular flexibility index (Phi) is 7.56. The summed E-state index contributed by atoms with van der Waals surface area (Å²) in [6, 6.07) is 13.2. The average molecular weight is 448 g/mol. The van der Waals surface area contributed by atoms with Gasteiger partial charge in [0.05, 0.1) is 5.56 Å². The molecule has 1 saturated heterocycles. The molecule has 3 rings (SSSR count). The largest absolute Gasteiger partial charge is 0.416 e. The maximum Gasteiger partial charge on any atom is 0.416 e. The molecule has 1 aliphatic rings. The molecule has 2 N–H and O–H groups in total. The Morgan fingerprint density at radius 1 is 1.06 bits per heavy atom. The molecule has 32 heavy (non-hydrogen) atoms. The van der Waals surface area contributed by atoms with E-state index in [-0.39, 0.29) is 23.8 Å². The average Bonchev–Trinajstić information content (AvgIpc) is 3.18. The standard InChI is InChI=1S/C24H28F3N3O2/c1-16(2)21(29-22(31)18-6-4-3-5-7-18)23(32)28-20-12-13-30(15-20)14-17-8-10-19(11-9-17)24(25,26)27/h3-11,16,20-21H,12-15H2,1-2H3,(H,28,32)(H,29,31). The van der Waals surface area contributed by atoms with Gasteiger partial charge in [-0.1, -0.05) is 44.2 Å². The molecule has 2 amide bonds. The fourth-order valence-corrected chi connectivity index (χ4v) is 3.79. The summed E-state index contributed by atoms with van der Waals surface area (Å²) in [4.78, 5) is 27.4. The van der Waals surface area contributed by atoms with Gasteiger partial charge in [-0.15, -0.1) is 0 Å². The van der Waals surface area contributed by atoms with Gasteiger partial charge in [-0.3, -0.25) is 14.5 Å². The highest BCUT2D eigenvalue weighted by Gasteiger charge is 2.31. The normalized spacial score (nSPS) is 17.9. The molecule has 2 unspecified atom stereocenters. The lowest BCUT2D eigenvalue weighted by Gasteiger charge is -2.24. The van der Waals surface area contributed by atoms with Crippen molar-refractivity contribution in [2.45, 2.75) is 45.1 Å². The minimum absolute atomic E-state index is 0.0770. The van der Waals surface area contributed by atoms with Crippen LogP contribution in [-0.4, -0.2) is 41.9 Å². The first-order valence-corrected chi connectivity index (χ1v) is 10.7. The summed E-state index contributed by atoms with van der Waals surface area (Å²) in [5.74, 6) is -0.618. The van der Waals surface area contributed by atoms with Gasteiger partial charge in [0.1, 0.15) is 6.04 Å². The Bertz CT molecular complexity index is 914. The number of carbonyl (C=O) groups excluding carboxylic acids is 2. The number of amides is 2. The summed E-state index contributed by atoms with van der Waals surface area (Å²) >= 11 is 0. The van der Waals surface area contributed by atoms with E-state index in [9.17, 15) is 22.8 Å². The van der Waals surface area contributed by atoms with Crippen molar-refractivity contribution in [3.63, 3.8) is 0 Å². The highest BCUT2D eigenvalue weighted by atomic mass is 19.4. The van der Waals surface area contributed by atoms with E-state index in [0.29, 0.717) is 18.7 Å². The third-order valence-electron chi connectivity index (χ3n) is 5.58. The van der Waals surface area contributed by atoms with Crippen molar-refractivity contribution < 1.29 is 22.8 Å². The van der Waals surface area contributed by atoms with Crippen molar-refractivity contribution in [1.29, 1.82) is 0 Å². The van der Waals surface area contributed by atoms with Gasteiger partial charge in [0.15, 0.2) is 0 Å². The van der Waals surface area contributed by atoms with Crippen LogP contribution in [0.1, 0.15) is 41.8 Å². The van der Waals surface area contributed by atoms with Gasteiger partial charge in [0.25, 0.3) is 5.91 Å². The van der Waals surface area contributed by atoms with E-state index in [4.69, 9.17) is 0 Å². The van der Waals surface area contributed by atoms with Crippen molar-refractivity contribution >= 4 is 11.8 Å². The maximum atomic E-state index is 12.9. The topological polar surface area (TPSA) is 61.4 Å². The smallest absolute Gasteiger partial charge is 0.350 e. The third-order valence-corrected chi connectivity index (χ3v) is 5.58. The predicted octanol–water partition coefficient (Wildman–Crippen LogP) is 3.85. The Labute approximate surface area is 186 Å². The first kappa shape index (κ1) is 23.8. The minimum atomic E-state index is -4.34. The number of halogens is 3. The number of alkyl halides is 3. The molecule has 1 heterocycles. The zero-order chi connectivity index (χ0) is 23.3. The van der Waals surface area contributed by atoms with Crippen LogP contribution >= 0.6 is 0 Å². The summed E-state index contributed by atoms with van der Waals surface area (Å²) in [5.41, 5.74) is 0.625. The van der Waals surface area contributed by atoms with E-state index in [1.54, 1.807) is 24.3 Å². The highest BCUT2D eigenvalue weighted by Crippen LogP contribution is 2.29. The Morgan fingerprint density at radius 2 is 1.72 bits per heavy atom. The number of likely N-dealkylation sites (tertiary alicyclic amines) is 1. The molecule has 0 radical (unpaired) electrons. The summed E-state index contributed by atoms with van der Waals surface area (Å²) in [7, 11) is 0. The lowest BCUT2D eigenvalue weighted by Crippen LogP contribution is -2.52. The van der Waals surface area contributed by atoms with Crippen molar-refractivity contribution in [2.75, 3.05) is 13.1 Å². The fraction of sp³-hybridized carbons (Fsp3) is 0.417. The highest BCUT2D eigenvalue weighted by molar-refractivity contribution is 5.97. The molecule has 0 aliphatic carbocycles. The van der Waals surface area contributed by atoms with E-state index < -0.39 is 17.8 Å². The fourth-order valence-electron chi connectivity index (χ4n) is 3.79. The quantitative estimate of drug-likeness (QED) is 0.678. The molecule has 1 fully saturated rings. The molecule has 2 aromatic carbocycles. The number of nitrogens with one attached hydrogen (secondary N) is 2. The van der Waals surface area contributed by atoms with Gasteiger partial charge in [0.2, 0.25) is 5.91 Å². The number of hydrogen-bond donors (Lipinski definition) is 2. The van der Waals surface area contributed by atoms with Crippen LogP contribution in [0.5, 0.6) is 0 Å². The van der Waals surface area contributed by atoms with Crippen molar-refractivity contribution in [3.05, 3.63) is 71.3 Å². The van der Waals surface area contributed by atoms with Crippen LogP contribution in [0.3, 0.4) is 0 Å².